The molecule has 0 spiro atoms. The molecule has 2 atom stereocenters. The van der Waals surface area contributed by atoms with Crippen molar-refractivity contribution in [2.45, 2.75) is 70.9 Å². The number of methoxy groups -OCH3 is 1. The van der Waals surface area contributed by atoms with Crippen molar-refractivity contribution < 1.29 is 4.74 Å². The summed E-state index contributed by atoms with van der Waals surface area (Å²) in [6.45, 7) is 8.74. The van der Waals surface area contributed by atoms with E-state index in [4.69, 9.17) is 4.74 Å². The van der Waals surface area contributed by atoms with Crippen LogP contribution in [-0.4, -0.2) is 63.3 Å². The summed E-state index contributed by atoms with van der Waals surface area (Å²) in [5.41, 5.74) is 0.417. The zero-order valence-electron chi connectivity index (χ0n) is 16.6. The van der Waals surface area contributed by atoms with Crippen LogP contribution in [-0.2, 0) is 4.74 Å². The molecule has 0 bridgehead atoms. The van der Waals surface area contributed by atoms with E-state index in [-0.39, 0.29) is 24.0 Å². The molecule has 6 heteroatoms. The van der Waals surface area contributed by atoms with Gasteiger partial charge in [0.25, 0.3) is 0 Å². The molecule has 1 saturated heterocycles. The van der Waals surface area contributed by atoms with Crippen molar-refractivity contribution in [2.24, 2.45) is 10.4 Å². The first-order valence-electron chi connectivity index (χ1n) is 9.79. The first-order chi connectivity index (χ1) is 11.6. The molecule has 0 amide bonds. The van der Waals surface area contributed by atoms with Gasteiger partial charge < -0.3 is 15.4 Å². The summed E-state index contributed by atoms with van der Waals surface area (Å²) >= 11 is 0. The third kappa shape index (κ3) is 6.86. The molecule has 25 heavy (non-hydrogen) atoms. The number of halogens is 1. The number of likely N-dealkylation sites (tertiary alicyclic amines) is 1. The van der Waals surface area contributed by atoms with Crippen molar-refractivity contribution in [1.82, 2.24) is 15.5 Å². The minimum absolute atomic E-state index is 0. The van der Waals surface area contributed by atoms with Crippen molar-refractivity contribution in [3.63, 3.8) is 0 Å². The monoisotopic (exact) mass is 466 g/mol. The molecule has 1 aliphatic carbocycles. The lowest BCUT2D eigenvalue weighted by Gasteiger charge is -2.42. The summed E-state index contributed by atoms with van der Waals surface area (Å²) in [6, 6.07) is 1.25. The molecule has 2 aliphatic rings. The predicted octanol–water partition coefficient (Wildman–Crippen LogP) is 3.24. The number of rotatable bonds is 8. The molecular weight excluding hydrogens is 427 g/mol. The number of hydrogen-bond acceptors (Lipinski definition) is 3. The highest BCUT2D eigenvalue weighted by Crippen LogP contribution is 2.43. The van der Waals surface area contributed by atoms with E-state index in [9.17, 15) is 0 Å². The molecule has 0 radical (unpaired) electrons. The van der Waals surface area contributed by atoms with Crippen molar-refractivity contribution >= 4 is 29.9 Å². The fourth-order valence-electron chi connectivity index (χ4n) is 4.14. The van der Waals surface area contributed by atoms with Gasteiger partial charge in [0.05, 0.1) is 0 Å². The van der Waals surface area contributed by atoms with E-state index in [1.54, 1.807) is 7.11 Å². The highest BCUT2D eigenvalue weighted by molar-refractivity contribution is 14.0. The Labute approximate surface area is 171 Å². The molecule has 148 valence electrons. The molecule has 2 rings (SSSR count). The maximum atomic E-state index is 5.28. The summed E-state index contributed by atoms with van der Waals surface area (Å²) in [7, 11) is 3.66. The minimum Gasteiger partial charge on any atom is -0.385 e. The van der Waals surface area contributed by atoms with Crippen LogP contribution in [0.25, 0.3) is 0 Å². The Morgan fingerprint density at radius 3 is 2.60 bits per heavy atom. The molecule has 0 aromatic carbocycles. The highest BCUT2D eigenvalue weighted by atomic mass is 127. The lowest BCUT2D eigenvalue weighted by molar-refractivity contribution is 0.0731. The lowest BCUT2D eigenvalue weighted by atomic mass is 9.67. The summed E-state index contributed by atoms with van der Waals surface area (Å²) in [5, 5.41) is 7.09. The summed E-state index contributed by atoms with van der Waals surface area (Å²) in [6.07, 6.45) is 9.16. The van der Waals surface area contributed by atoms with Gasteiger partial charge in [0.15, 0.2) is 5.96 Å². The van der Waals surface area contributed by atoms with Crippen LogP contribution in [0.5, 0.6) is 0 Å². The standard InChI is InChI=1S/C19H38N4O.HI/c1-16-8-5-6-12-23(16)17(2)14-21-18(20-3)22-15-19(9-7-10-19)11-13-24-4;/h16-17H,5-15H2,1-4H3,(H2,20,21,22);1H. The predicted molar refractivity (Wildman–Crippen MR) is 117 cm³/mol. The van der Waals surface area contributed by atoms with E-state index in [0.29, 0.717) is 17.5 Å². The second-order valence-corrected chi connectivity index (χ2v) is 7.83. The highest BCUT2D eigenvalue weighted by Gasteiger charge is 2.36. The van der Waals surface area contributed by atoms with Gasteiger partial charge in [0, 0.05) is 45.9 Å². The van der Waals surface area contributed by atoms with E-state index in [1.807, 2.05) is 7.05 Å². The quantitative estimate of drug-likeness (QED) is 0.328. The van der Waals surface area contributed by atoms with Gasteiger partial charge >= 0.3 is 0 Å². The number of hydrogen-bond donors (Lipinski definition) is 2. The second-order valence-electron chi connectivity index (χ2n) is 7.83. The Balaban J connectivity index is 0.00000312. The van der Waals surface area contributed by atoms with Gasteiger partial charge in [-0.05, 0) is 57.9 Å². The van der Waals surface area contributed by atoms with Gasteiger partial charge in [-0.1, -0.05) is 12.8 Å². The van der Waals surface area contributed by atoms with Crippen molar-refractivity contribution in [1.29, 1.82) is 0 Å². The molecule has 5 nitrogen and oxygen atoms in total. The van der Waals surface area contributed by atoms with Crippen LogP contribution in [0.2, 0.25) is 0 Å². The zero-order valence-corrected chi connectivity index (χ0v) is 19.0. The average molecular weight is 466 g/mol. The van der Waals surface area contributed by atoms with Crippen molar-refractivity contribution in [3.05, 3.63) is 0 Å². The molecule has 2 unspecified atom stereocenters. The van der Waals surface area contributed by atoms with Crippen LogP contribution in [0.3, 0.4) is 0 Å². The summed E-state index contributed by atoms with van der Waals surface area (Å²) in [5.74, 6) is 0.940. The van der Waals surface area contributed by atoms with Gasteiger partial charge in [0.2, 0.25) is 0 Å². The molecule has 1 saturated carbocycles. The SMILES string of the molecule is CN=C(NCC(C)N1CCCCC1C)NCC1(CCOC)CCC1.I. The number of nitrogens with zero attached hydrogens (tertiary/aromatic N) is 2. The van der Waals surface area contributed by atoms with Crippen molar-refractivity contribution in [3.8, 4) is 0 Å². The Bertz CT molecular complexity index is 401. The number of aliphatic imine (C=N–C) groups is 1. The fourth-order valence-corrected chi connectivity index (χ4v) is 4.14. The topological polar surface area (TPSA) is 48.9 Å². The molecule has 0 aromatic heterocycles. The molecule has 2 N–H and O–H groups in total. The number of guanidine groups is 1. The Kier molecular flexibility index (Phi) is 10.6. The van der Waals surface area contributed by atoms with Crippen LogP contribution in [0.15, 0.2) is 4.99 Å². The van der Waals surface area contributed by atoms with Crippen LogP contribution in [0.1, 0.15) is 58.8 Å². The lowest BCUT2D eigenvalue weighted by Crippen LogP contribution is -2.52. The fraction of sp³-hybridized carbons (Fsp3) is 0.947. The normalized spacial score (nSPS) is 24.8. The molecule has 1 heterocycles. The van der Waals surface area contributed by atoms with Crippen LogP contribution in [0, 0.1) is 5.41 Å². The van der Waals surface area contributed by atoms with E-state index < -0.39 is 0 Å². The maximum Gasteiger partial charge on any atom is 0.191 e. The smallest absolute Gasteiger partial charge is 0.191 e. The Hall–Kier alpha value is -0.0800. The molecule has 0 aromatic rings. The third-order valence-corrected chi connectivity index (χ3v) is 6.09. The zero-order chi connectivity index (χ0) is 17.4. The van der Waals surface area contributed by atoms with Crippen LogP contribution in [0.4, 0.5) is 0 Å². The van der Waals surface area contributed by atoms with E-state index in [1.165, 1.54) is 45.1 Å². The van der Waals surface area contributed by atoms with Gasteiger partial charge in [-0.3, -0.25) is 9.89 Å². The minimum atomic E-state index is 0. The van der Waals surface area contributed by atoms with Crippen LogP contribution < -0.4 is 10.6 Å². The Morgan fingerprint density at radius 2 is 2.04 bits per heavy atom. The van der Waals surface area contributed by atoms with Gasteiger partial charge in [0.1, 0.15) is 0 Å². The van der Waals surface area contributed by atoms with E-state index >= 15 is 0 Å². The van der Waals surface area contributed by atoms with Gasteiger partial charge in [-0.15, -0.1) is 24.0 Å². The Morgan fingerprint density at radius 1 is 1.28 bits per heavy atom. The number of nitrogens with one attached hydrogen (secondary N) is 2. The molecular formula is C19H39IN4O. The van der Waals surface area contributed by atoms with E-state index in [2.05, 4.69) is 34.4 Å². The second kappa shape index (κ2) is 11.6. The maximum absolute atomic E-state index is 5.28. The molecule has 1 aliphatic heterocycles. The first kappa shape index (κ1) is 23.0. The van der Waals surface area contributed by atoms with Gasteiger partial charge in [-0.2, -0.15) is 0 Å². The summed E-state index contributed by atoms with van der Waals surface area (Å²) in [4.78, 5) is 7.05. The first-order valence-corrected chi connectivity index (χ1v) is 9.79. The number of piperidine rings is 1. The van der Waals surface area contributed by atoms with Crippen molar-refractivity contribution in [2.75, 3.05) is 40.4 Å². The van der Waals surface area contributed by atoms with Crippen LogP contribution >= 0.6 is 24.0 Å². The number of ether oxygens (including phenoxy) is 1. The molecule has 2 fully saturated rings. The third-order valence-electron chi connectivity index (χ3n) is 6.09. The summed E-state index contributed by atoms with van der Waals surface area (Å²) < 4.78 is 5.28. The largest absolute Gasteiger partial charge is 0.385 e. The van der Waals surface area contributed by atoms with E-state index in [0.717, 1.165) is 32.1 Å². The van der Waals surface area contributed by atoms with Gasteiger partial charge in [-0.25, -0.2) is 0 Å². The average Bonchev–Trinajstić information content (AvgIpc) is 2.56.